The van der Waals surface area contributed by atoms with Crippen molar-refractivity contribution in [1.29, 1.82) is 0 Å². The Morgan fingerprint density at radius 3 is 2.58 bits per heavy atom. The van der Waals surface area contributed by atoms with E-state index in [-0.39, 0.29) is 22.3 Å². The summed E-state index contributed by atoms with van der Waals surface area (Å²) in [5.41, 5.74) is 4.85. The Morgan fingerprint density at radius 1 is 1.05 bits per heavy atom. The van der Waals surface area contributed by atoms with Crippen molar-refractivity contribution in [3.05, 3.63) is 94.8 Å². The number of ether oxygens (including phenoxy) is 1. The van der Waals surface area contributed by atoms with E-state index in [0.717, 1.165) is 34.0 Å². The Bertz CT molecular complexity index is 1620. The number of hydrogen-bond acceptors (Lipinski definition) is 8. The smallest absolute Gasteiger partial charge is 0.335 e. The molecule has 0 amide bonds. The first-order valence-electron chi connectivity index (χ1n) is 11.8. The number of benzene rings is 2. The zero-order chi connectivity index (χ0) is 26.9. The summed E-state index contributed by atoms with van der Waals surface area (Å²) in [5, 5.41) is 12.5. The quantitative estimate of drug-likeness (QED) is 0.324. The van der Waals surface area contributed by atoms with Gasteiger partial charge in [0.05, 0.1) is 21.8 Å². The van der Waals surface area contributed by atoms with Gasteiger partial charge in [0.1, 0.15) is 6.10 Å². The third kappa shape index (κ3) is 5.20. The number of nitrogens with one attached hydrogen (secondary N) is 2. The monoisotopic (exact) mass is 531 g/mol. The van der Waals surface area contributed by atoms with Gasteiger partial charge in [0.2, 0.25) is 11.8 Å². The fourth-order valence-electron chi connectivity index (χ4n) is 4.43. The third-order valence-electron chi connectivity index (χ3n) is 6.21. The molecule has 0 bridgehead atoms. The van der Waals surface area contributed by atoms with Gasteiger partial charge in [0.25, 0.3) is 10.0 Å². The molecule has 0 fully saturated rings. The summed E-state index contributed by atoms with van der Waals surface area (Å²) >= 11 is 0. The van der Waals surface area contributed by atoms with Crippen LogP contribution in [0.15, 0.2) is 71.8 Å². The second-order valence-electron chi connectivity index (χ2n) is 8.90. The molecule has 3 heterocycles. The molecule has 10 nitrogen and oxygen atoms in total. The van der Waals surface area contributed by atoms with Crippen LogP contribution in [0.4, 0.5) is 5.95 Å². The van der Waals surface area contributed by atoms with Crippen LogP contribution >= 0.6 is 0 Å². The number of aromatic carboxylic acids is 1. The molecule has 3 N–H and O–H groups in total. The first-order chi connectivity index (χ1) is 18.2. The van der Waals surface area contributed by atoms with E-state index in [2.05, 4.69) is 25.0 Å². The molecule has 0 saturated carbocycles. The maximum Gasteiger partial charge on any atom is 0.335 e. The summed E-state index contributed by atoms with van der Waals surface area (Å²) < 4.78 is 35.0. The van der Waals surface area contributed by atoms with Gasteiger partial charge in [-0.1, -0.05) is 30.3 Å². The molecule has 0 radical (unpaired) electrons. The standard InChI is InChI=1S/C27H25N5O5S/c1-16-6-3-7-17(2)25(16)21-13-24(37-23-15-28-14-22-20(23)10-5-11-29-22)31-27(30-21)32-38(35,36)19-9-4-8-18(12-19)26(33)34/h3-13,23,28H,14-15H2,1-2H3,(H,33,34)(H,30,31,32). The average molecular weight is 532 g/mol. The number of carboxylic acids is 1. The minimum absolute atomic E-state index is 0.154. The van der Waals surface area contributed by atoms with E-state index in [4.69, 9.17) is 4.74 Å². The number of carbonyl (C=O) groups is 1. The van der Waals surface area contributed by atoms with Crippen LogP contribution < -0.4 is 14.8 Å². The molecular formula is C27H25N5O5S. The Labute approximate surface area is 219 Å². The number of rotatable bonds is 7. The Hall–Kier alpha value is -4.35. The summed E-state index contributed by atoms with van der Waals surface area (Å²) in [7, 11) is -4.20. The largest absolute Gasteiger partial charge is 0.478 e. The Kier molecular flexibility index (Phi) is 6.79. The SMILES string of the molecule is Cc1cccc(C)c1-c1cc(OC2CNCc3ncccc32)nc(NS(=O)(=O)c2cccc(C(=O)O)c2)n1. The highest BCUT2D eigenvalue weighted by atomic mass is 32.2. The maximum absolute atomic E-state index is 13.2. The summed E-state index contributed by atoms with van der Waals surface area (Å²) in [4.78, 5) is 24.4. The normalized spacial score (nSPS) is 14.9. The second-order valence-corrected chi connectivity index (χ2v) is 10.6. The third-order valence-corrected chi connectivity index (χ3v) is 7.54. The van der Waals surface area contributed by atoms with E-state index in [9.17, 15) is 18.3 Å². The van der Waals surface area contributed by atoms with Gasteiger partial charge in [-0.15, -0.1) is 0 Å². The van der Waals surface area contributed by atoms with Crippen LogP contribution in [-0.2, 0) is 16.6 Å². The van der Waals surface area contributed by atoms with E-state index < -0.39 is 22.1 Å². The van der Waals surface area contributed by atoms with Crippen LogP contribution in [0.25, 0.3) is 11.3 Å². The van der Waals surface area contributed by atoms with Gasteiger partial charge in [-0.2, -0.15) is 4.98 Å². The second kappa shape index (κ2) is 10.2. The lowest BCUT2D eigenvalue weighted by molar-refractivity contribution is 0.0696. The predicted molar refractivity (Wildman–Crippen MR) is 140 cm³/mol. The van der Waals surface area contributed by atoms with E-state index in [1.165, 1.54) is 18.2 Å². The number of pyridine rings is 1. The van der Waals surface area contributed by atoms with Crippen molar-refractivity contribution < 1.29 is 23.1 Å². The molecule has 11 heteroatoms. The fourth-order valence-corrected chi connectivity index (χ4v) is 5.42. The lowest BCUT2D eigenvalue weighted by Gasteiger charge is -2.26. The van der Waals surface area contributed by atoms with Crippen LogP contribution in [0, 0.1) is 13.8 Å². The average Bonchev–Trinajstić information content (AvgIpc) is 2.88. The molecule has 1 aliphatic heterocycles. The predicted octanol–water partition coefficient (Wildman–Crippen LogP) is 3.88. The topological polar surface area (TPSA) is 143 Å². The number of sulfonamides is 1. The number of fused-ring (bicyclic) bond motifs is 1. The number of carboxylic acid groups (broad SMARTS) is 1. The van der Waals surface area contributed by atoms with Crippen molar-refractivity contribution in [3.8, 4) is 17.1 Å². The minimum Gasteiger partial charge on any atom is -0.478 e. The van der Waals surface area contributed by atoms with Gasteiger partial charge in [-0.3, -0.25) is 4.98 Å². The van der Waals surface area contributed by atoms with Crippen molar-refractivity contribution in [2.24, 2.45) is 0 Å². The van der Waals surface area contributed by atoms with Gasteiger partial charge in [0, 0.05) is 36.5 Å². The zero-order valence-electron chi connectivity index (χ0n) is 20.7. The van der Waals surface area contributed by atoms with Gasteiger partial charge >= 0.3 is 5.97 Å². The van der Waals surface area contributed by atoms with E-state index in [1.54, 1.807) is 12.3 Å². The molecule has 2 aromatic heterocycles. The molecule has 194 valence electrons. The first-order valence-corrected chi connectivity index (χ1v) is 13.3. The fraction of sp³-hybridized carbons (Fsp3) is 0.185. The lowest BCUT2D eigenvalue weighted by Crippen LogP contribution is -2.32. The van der Waals surface area contributed by atoms with Crippen LogP contribution in [0.1, 0.15) is 38.8 Å². The number of aryl methyl sites for hydroxylation is 2. The van der Waals surface area contributed by atoms with E-state index in [0.29, 0.717) is 18.8 Å². The molecule has 0 saturated heterocycles. The van der Waals surface area contributed by atoms with Crippen LogP contribution in [0.3, 0.4) is 0 Å². The van der Waals surface area contributed by atoms with Crippen molar-refractivity contribution >= 4 is 21.9 Å². The number of hydrogen-bond donors (Lipinski definition) is 3. The summed E-state index contributed by atoms with van der Waals surface area (Å²) in [6, 6.07) is 16.4. The highest BCUT2D eigenvalue weighted by Crippen LogP contribution is 2.32. The van der Waals surface area contributed by atoms with Crippen molar-refractivity contribution in [3.63, 3.8) is 0 Å². The number of aromatic nitrogens is 3. The summed E-state index contributed by atoms with van der Waals surface area (Å²) in [6.45, 7) is 5.02. The molecule has 1 aliphatic rings. The highest BCUT2D eigenvalue weighted by Gasteiger charge is 2.25. The van der Waals surface area contributed by atoms with E-state index >= 15 is 0 Å². The van der Waals surface area contributed by atoms with E-state index in [1.807, 2.05) is 44.2 Å². The number of anilines is 1. The molecule has 0 aliphatic carbocycles. The molecule has 5 rings (SSSR count). The molecule has 0 spiro atoms. The highest BCUT2D eigenvalue weighted by molar-refractivity contribution is 7.92. The van der Waals surface area contributed by atoms with Crippen molar-refractivity contribution in [1.82, 2.24) is 20.3 Å². The van der Waals surface area contributed by atoms with Gasteiger partial charge in [-0.05, 0) is 49.2 Å². The van der Waals surface area contributed by atoms with Crippen molar-refractivity contribution in [2.45, 2.75) is 31.4 Å². The van der Waals surface area contributed by atoms with Crippen molar-refractivity contribution in [2.75, 3.05) is 11.3 Å². The number of nitrogens with zero attached hydrogens (tertiary/aromatic N) is 3. The Morgan fingerprint density at radius 2 is 1.82 bits per heavy atom. The van der Waals surface area contributed by atoms with Crippen LogP contribution in [0.5, 0.6) is 5.88 Å². The minimum atomic E-state index is -4.20. The van der Waals surface area contributed by atoms with Gasteiger partial charge < -0.3 is 15.2 Å². The van der Waals surface area contributed by atoms with Crippen LogP contribution in [0.2, 0.25) is 0 Å². The molecular weight excluding hydrogens is 506 g/mol. The summed E-state index contributed by atoms with van der Waals surface area (Å²) in [6.07, 6.45) is 1.32. The molecule has 1 unspecified atom stereocenters. The first kappa shape index (κ1) is 25.3. The summed E-state index contributed by atoms with van der Waals surface area (Å²) in [5.74, 6) is -1.25. The molecule has 4 aromatic rings. The van der Waals surface area contributed by atoms with Gasteiger partial charge in [0.15, 0.2) is 0 Å². The maximum atomic E-state index is 13.2. The molecule has 1 atom stereocenters. The lowest BCUT2D eigenvalue weighted by atomic mass is 10.00. The zero-order valence-corrected chi connectivity index (χ0v) is 21.5. The van der Waals surface area contributed by atoms with Gasteiger partial charge in [-0.25, -0.2) is 22.9 Å². The molecule has 38 heavy (non-hydrogen) atoms. The van der Waals surface area contributed by atoms with Crippen LogP contribution in [-0.4, -0.2) is 41.0 Å². The molecule has 2 aromatic carbocycles. The Balaban J connectivity index is 1.57.